The average Bonchev–Trinajstić information content (AvgIpc) is 3.33. The lowest BCUT2D eigenvalue weighted by molar-refractivity contribution is -0.149. The molecule has 1 saturated heterocycles. The second-order valence-electron chi connectivity index (χ2n) is 15.2. The summed E-state index contributed by atoms with van der Waals surface area (Å²) in [6, 6.07) is 5.67. The van der Waals surface area contributed by atoms with Gasteiger partial charge in [-0.05, 0) is 87.8 Å². The number of carbonyl (C=O) groups excluding carboxylic acids is 2. The van der Waals surface area contributed by atoms with Gasteiger partial charge in [-0.3, -0.25) is 14.5 Å². The summed E-state index contributed by atoms with van der Waals surface area (Å²) >= 11 is 0. The maximum absolute atomic E-state index is 13.8. The number of unbranched alkanes of at least 4 members (excludes halogenated alkanes) is 1. The number of carboxylic acid groups (broad SMARTS) is 1. The minimum Gasteiger partial charge on any atom is -0.493 e. The van der Waals surface area contributed by atoms with Gasteiger partial charge in [0.05, 0.1) is 37.9 Å². The first kappa shape index (κ1) is 44.1. The highest BCUT2D eigenvalue weighted by Crippen LogP contribution is 2.41. The molecule has 2 amide bonds. The molecule has 2 rings (SSSR count). The summed E-state index contributed by atoms with van der Waals surface area (Å²) in [5.41, 5.74) is -0.897. The van der Waals surface area contributed by atoms with Crippen molar-refractivity contribution in [1.82, 2.24) is 10.2 Å². The number of nitrogens with zero attached hydrogens (tertiary/aromatic N) is 1. The van der Waals surface area contributed by atoms with Crippen molar-refractivity contribution in [3.63, 3.8) is 0 Å². The van der Waals surface area contributed by atoms with Crippen molar-refractivity contribution in [2.45, 2.75) is 132 Å². The zero-order valence-electron chi connectivity index (χ0n) is 33.3. The summed E-state index contributed by atoms with van der Waals surface area (Å²) in [6.07, 6.45) is 4.12. The normalized spacial score (nSPS) is 18.5. The van der Waals surface area contributed by atoms with Gasteiger partial charge in [-0.25, -0.2) is 4.79 Å². The minimum absolute atomic E-state index is 0.0482. The van der Waals surface area contributed by atoms with E-state index in [2.05, 4.69) is 32.2 Å². The van der Waals surface area contributed by atoms with Crippen LogP contribution in [0, 0.1) is 29.1 Å². The van der Waals surface area contributed by atoms with Crippen LogP contribution in [-0.2, 0) is 30.2 Å². The molecule has 11 heteroatoms. The summed E-state index contributed by atoms with van der Waals surface area (Å²) in [5, 5.41) is 12.9. The molecule has 0 unspecified atom stereocenters. The first-order valence-electron chi connectivity index (χ1n) is 19.0. The maximum atomic E-state index is 13.8. The van der Waals surface area contributed by atoms with E-state index in [0.717, 1.165) is 31.2 Å². The molecule has 1 aromatic rings. The van der Waals surface area contributed by atoms with Gasteiger partial charge in [-0.15, -0.1) is 0 Å². The van der Waals surface area contributed by atoms with Gasteiger partial charge >= 0.3 is 12.1 Å². The van der Waals surface area contributed by atoms with Crippen molar-refractivity contribution in [1.29, 1.82) is 0 Å². The number of hydrogen-bond donors (Lipinski definition) is 2. The van der Waals surface area contributed by atoms with Gasteiger partial charge in [0.15, 0.2) is 11.5 Å². The Kier molecular flexibility index (Phi) is 18.0. The second-order valence-corrected chi connectivity index (χ2v) is 15.2. The Hall–Kier alpha value is -3.05. The van der Waals surface area contributed by atoms with Gasteiger partial charge in [0, 0.05) is 32.6 Å². The number of rotatable bonds is 23. The quantitative estimate of drug-likeness (QED) is 0.109. The van der Waals surface area contributed by atoms with Crippen molar-refractivity contribution in [3.8, 4) is 11.5 Å². The molecule has 1 heterocycles. The summed E-state index contributed by atoms with van der Waals surface area (Å²) < 4.78 is 29.3. The highest BCUT2D eigenvalue weighted by molar-refractivity contribution is 5.81. The smallest absolute Gasteiger partial charge is 0.412 e. The molecule has 1 aliphatic heterocycles. The topological polar surface area (TPSA) is 133 Å². The molecule has 1 fully saturated rings. The molecule has 0 aliphatic carbocycles. The van der Waals surface area contributed by atoms with Gasteiger partial charge in [-0.2, -0.15) is 0 Å². The van der Waals surface area contributed by atoms with Crippen molar-refractivity contribution < 1.29 is 43.2 Å². The van der Waals surface area contributed by atoms with Gasteiger partial charge in [-0.1, -0.05) is 61.0 Å². The highest BCUT2D eigenvalue weighted by atomic mass is 16.6. The number of aliphatic carboxylic acids is 1. The third-order valence-corrected chi connectivity index (χ3v) is 10.7. The lowest BCUT2D eigenvalue weighted by Crippen LogP contribution is -2.50. The monoisotopic (exact) mass is 720 g/mol. The van der Waals surface area contributed by atoms with Crippen LogP contribution in [0.1, 0.15) is 113 Å². The molecule has 2 N–H and O–H groups in total. The molecule has 0 bridgehead atoms. The van der Waals surface area contributed by atoms with E-state index in [4.69, 9.17) is 23.7 Å². The van der Waals surface area contributed by atoms with Crippen molar-refractivity contribution in [3.05, 3.63) is 23.8 Å². The van der Waals surface area contributed by atoms with E-state index in [1.54, 1.807) is 19.1 Å². The zero-order chi connectivity index (χ0) is 38.4. The maximum Gasteiger partial charge on any atom is 0.412 e. The fraction of sp³-hybridized carbons (Fsp3) is 0.775. The average molecular weight is 721 g/mol. The Morgan fingerprint density at radius 3 is 2.20 bits per heavy atom. The molecule has 0 aromatic heterocycles. The molecule has 0 radical (unpaired) electrons. The van der Waals surface area contributed by atoms with Gasteiger partial charge < -0.3 is 34.1 Å². The Balaban J connectivity index is 2.45. The molecular weight excluding hydrogens is 652 g/mol. The van der Waals surface area contributed by atoms with Crippen LogP contribution in [0.5, 0.6) is 11.5 Å². The number of carbonyl (C=O) groups is 3. The summed E-state index contributed by atoms with van der Waals surface area (Å²) in [5.74, 6) is 0.146. The van der Waals surface area contributed by atoms with E-state index >= 15 is 0 Å². The van der Waals surface area contributed by atoms with Crippen LogP contribution in [0.4, 0.5) is 4.79 Å². The van der Waals surface area contributed by atoms with Gasteiger partial charge in [0.1, 0.15) is 5.72 Å². The lowest BCUT2D eigenvalue weighted by atomic mass is 9.80. The van der Waals surface area contributed by atoms with Crippen molar-refractivity contribution in [2.24, 2.45) is 29.1 Å². The molecular formula is C40H68N2O9. The number of hydrogen-bond acceptors (Lipinski definition) is 8. The van der Waals surface area contributed by atoms with Crippen LogP contribution >= 0.6 is 0 Å². The number of carboxylic acids is 1. The molecule has 4 atom stereocenters. The van der Waals surface area contributed by atoms with E-state index in [0.29, 0.717) is 57.0 Å². The third kappa shape index (κ3) is 12.3. The number of nitrogens with one attached hydrogen (secondary N) is 1. The Bertz CT molecular complexity index is 1230. The zero-order valence-corrected chi connectivity index (χ0v) is 33.3. The van der Waals surface area contributed by atoms with E-state index < -0.39 is 35.2 Å². The van der Waals surface area contributed by atoms with Crippen molar-refractivity contribution in [2.75, 3.05) is 40.6 Å². The number of ether oxygens (including phenoxy) is 5. The Morgan fingerprint density at radius 1 is 0.961 bits per heavy atom. The number of benzene rings is 1. The SMILES string of the molecule is CCCCOC(=O)N1[C@@H](C[C@H](Cc2ccc(OC)c(OCCCOC)c2)C(C)C)[C@H](C[C@H](C(=O)NCC(CC)(CC)C(=O)O)C(C)C)OC1(C)C. The summed E-state index contributed by atoms with van der Waals surface area (Å²) in [6.45, 7) is 19.4. The number of methoxy groups -OCH3 is 2. The first-order valence-corrected chi connectivity index (χ1v) is 19.0. The fourth-order valence-electron chi connectivity index (χ4n) is 7.01. The Morgan fingerprint density at radius 2 is 1.65 bits per heavy atom. The van der Waals surface area contributed by atoms with E-state index in [9.17, 15) is 19.5 Å². The van der Waals surface area contributed by atoms with Crippen LogP contribution in [0.25, 0.3) is 0 Å². The predicted octanol–water partition coefficient (Wildman–Crippen LogP) is 7.73. The summed E-state index contributed by atoms with van der Waals surface area (Å²) in [4.78, 5) is 41.5. The fourth-order valence-corrected chi connectivity index (χ4v) is 7.01. The first-order chi connectivity index (χ1) is 24.1. The van der Waals surface area contributed by atoms with Gasteiger partial charge in [0.25, 0.3) is 0 Å². The molecule has 0 spiro atoms. The van der Waals surface area contributed by atoms with Crippen LogP contribution in [0.3, 0.4) is 0 Å². The predicted molar refractivity (Wildman–Crippen MR) is 199 cm³/mol. The van der Waals surface area contributed by atoms with E-state index in [-0.39, 0.29) is 36.2 Å². The van der Waals surface area contributed by atoms with E-state index in [1.165, 1.54) is 0 Å². The van der Waals surface area contributed by atoms with E-state index in [1.807, 2.05) is 53.7 Å². The van der Waals surface area contributed by atoms with Crippen molar-refractivity contribution >= 4 is 18.0 Å². The minimum atomic E-state index is -1.02. The largest absolute Gasteiger partial charge is 0.493 e. The highest BCUT2D eigenvalue weighted by Gasteiger charge is 2.52. The third-order valence-electron chi connectivity index (χ3n) is 10.7. The van der Waals surface area contributed by atoms with Crippen LogP contribution < -0.4 is 14.8 Å². The molecule has 0 saturated carbocycles. The Labute approximate surface area is 307 Å². The second kappa shape index (κ2) is 20.9. The molecule has 1 aliphatic rings. The number of amides is 2. The molecule has 51 heavy (non-hydrogen) atoms. The van der Waals surface area contributed by atoms with Gasteiger partial charge in [0.2, 0.25) is 5.91 Å². The van der Waals surface area contributed by atoms with Crippen LogP contribution in [-0.4, -0.2) is 86.4 Å². The lowest BCUT2D eigenvalue weighted by Gasteiger charge is -2.35. The molecule has 1 aromatic carbocycles. The van der Waals surface area contributed by atoms with Crippen LogP contribution in [0.2, 0.25) is 0 Å². The van der Waals surface area contributed by atoms with Crippen LogP contribution in [0.15, 0.2) is 18.2 Å². The summed E-state index contributed by atoms with van der Waals surface area (Å²) in [7, 11) is 3.30. The molecule has 11 nitrogen and oxygen atoms in total. The standard InChI is InChI=1S/C40H68N2O9/c1-12-15-20-50-38(46)42-32(24-30(27(4)5)22-29-17-18-33(48-11)35(23-29)49-21-16-19-47-10)34(51-39(42,8)9)25-31(28(6)7)36(43)41-26-40(13-2,14-3)37(44)45/h17-18,23,27-28,30-32,34H,12-16,19-22,24-26H2,1-11H3,(H,41,43)(H,44,45)/t30-,31-,32-,34-/m0/s1. The molecule has 292 valence electrons.